The average Bonchev–Trinajstić information content (AvgIpc) is 2.89. The van der Waals surface area contributed by atoms with Crippen LogP contribution in [-0.4, -0.2) is 4.37 Å². The van der Waals surface area contributed by atoms with Crippen molar-refractivity contribution in [1.29, 1.82) is 0 Å². The first-order valence-electron chi connectivity index (χ1n) is 6.01. The number of hydrogen-bond acceptors (Lipinski definition) is 5. The van der Waals surface area contributed by atoms with E-state index >= 15 is 0 Å². The first kappa shape index (κ1) is 14.5. The Kier molecular flexibility index (Phi) is 4.55. The Bertz CT molecular complexity index is 827. The van der Waals surface area contributed by atoms with Crippen molar-refractivity contribution in [3.8, 4) is 0 Å². The molecule has 21 heavy (non-hydrogen) atoms. The number of nitrogens with zero attached hydrogens (tertiary/aromatic N) is 2. The van der Waals surface area contributed by atoms with Crippen LogP contribution in [0.2, 0.25) is 10.2 Å². The molecule has 0 aliphatic carbocycles. The van der Waals surface area contributed by atoms with Gasteiger partial charge in [-0.1, -0.05) is 47.5 Å². The summed E-state index contributed by atoms with van der Waals surface area (Å²) in [5.41, 5.74) is 2.48. The van der Waals surface area contributed by atoms with Gasteiger partial charge in [0.2, 0.25) is 0 Å². The van der Waals surface area contributed by atoms with Crippen molar-refractivity contribution < 1.29 is 0 Å². The van der Waals surface area contributed by atoms with Crippen LogP contribution in [0, 0.1) is 0 Å². The molecule has 3 aromatic rings. The molecule has 0 spiro atoms. The molecule has 0 saturated carbocycles. The van der Waals surface area contributed by atoms with Gasteiger partial charge in [-0.3, -0.25) is 0 Å². The second-order valence-electron chi connectivity index (χ2n) is 4.08. The molecule has 0 atom stereocenters. The summed E-state index contributed by atoms with van der Waals surface area (Å²) in [6, 6.07) is 15.3. The number of aromatic nitrogens is 1. The van der Waals surface area contributed by atoms with Gasteiger partial charge in [0.25, 0.3) is 0 Å². The van der Waals surface area contributed by atoms with Gasteiger partial charge < -0.3 is 5.32 Å². The minimum atomic E-state index is 0.428. The molecule has 0 aliphatic rings. The molecular weight excluding hydrogens is 345 g/mol. The van der Waals surface area contributed by atoms with E-state index in [2.05, 4.69) is 14.7 Å². The van der Waals surface area contributed by atoms with Crippen molar-refractivity contribution in [1.82, 2.24) is 4.37 Å². The van der Waals surface area contributed by atoms with Crippen LogP contribution in [0.1, 0.15) is 0 Å². The summed E-state index contributed by atoms with van der Waals surface area (Å²) in [5, 5.41) is 4.38. The van der Waals surface area contributed by atoms with Crippen molar-refractivity contribution >= 4 is 61.1 Å². The molecule has 0 saturated heterocycles. The molecule has 0 unspecified atom stereocenters. The summed E-state index contributed by atoms with van der Waals surface area (Å²) in [6.07, 6.45) is 0. The molecule has 0 amide bonds. The van der Waals surface area contributed by atoms with Crippen LogP contribution in [-0.2, 0) is 0 Å². The zero-order valence-corrected chi connectivity index (χ0v) is 13.7. The molecule has 3 rings (SSSR count). The third-order valence-corrected chi connectivity index (χ3v) is 5.18. The highest BCUT2D eigenvalue weighted by Gasteiger charge is 2.05. The Labute approximate surface area is 139 Å². The van der Waals surface area contributed by atoms with Crippen molar-refractivity contribution in [3.05, 3.63) is 63.4 Å². The first-order chi connectivity index (χ1) is 10.2. The van der Waals surface area contributed by atoms with Gasteiger partial charge in [0.15, 0.2) is 9.82 Å². The highest BCUT2D eigenvalue weighted by molar-refractivity contribution is 7.66. The Morgan fingerprint density at radius 1 is 0.952 bits per heavy atom. The predicted molar refractivity (Wildman–Crippen MR) is 91.4 cm³/mol. The second-order valence-corrected chi connectivity index (χ2v) is 6.68. The number of anilines is 2. The predicted octanol–water partition coefficient (Wildman–Crippen LogP) is 5.49. The lowest BCUT2D eigenvalue weighted by Crippen LogP contribution is -1.96. The average molecular weight is 354 g/mol. The number of rotatable bonds is 3. The maximum Gasteiger partial charge on any atom is 0.179 e. The van der Waals surface area contributed by atoms with Gasteiger partial charge in [-0.05, 0) is 34.6 Å². The SMILES string of the molecule is Clc1ccccc1Nc1ccccc1N=c1ssnc1Cl. The van der Waals surface area contributed by atoms with E-state index in [1.54, 1.807) is 0 Å². The second kappa shape index (κ2) is 6.58. The number of para-hydroxylation sites is 3. The Balaban J connectivity index is 2.01. The monoisotopic (exact) mass is 353 g/mol. The number of halogens is 2. The van der Waals surface area contributed by atoms with Crippen LogP contribution >= 0.6 is 44.1 Å². The molecule has 7 heteroatoms. The van der Waals surface area contributed by atoms with E-state index in [-0.39, 0.29) is 0 Å². The summed E-state index contributed by atoms with van der Waals surface area (Å²) in [6.45, 7) is 0. The van der Waals surface area contributed by atoms with Crippen LogP contribution in [0.4, 0.5) is 17.1 Å². The summed E-state index contributed by atoms with van der Waals surface area (Å²) in [4.78, 5) is 4.56. The smallest absolute Gasteiger partial charge is 0.179 e. The highest BCUT2D eigenvalue weighted by Crippen LogP contribution is 2.31. The van der Waals surface area contributed by atoms with E-state index in [0.29, 0.717) is 14.8 Å². The third-order valence-electron chi connectivity index (χ3n) is 2.68. The molecule has 0 aliphatic heterocycles. The zero-order chi connectivity index (χ0) is 14.7. The van der Waals surface area contributed by atoms with E-state index in [1.165, 1.54) is 20.9 Å². The van der Waals surface area contributed by atoms with Gasteiger partial charge in [0.05, 0.1) is 22.1 Å². The largest absolute Gasteiger partial charge is 0.353 e. The van der Waals surface area contributed by atoms with Crippen molar-refractivity contribution in [2.45, 2.75) is 0 Å². The molecular formula is C14H9Cl2N3S2. The fraction of sp³-hybridized carbons (Fsp3) is 0. The van der Waals surface area contributed by atoms with Crippen LogP contribution in [0.5, 0.6) is 0 Å². The van der Waals surface area contributed by atoms with E-state index < -0.39 is 0 Å². The Hall–Kier alpha value is -1.40. The summed E-state index contributed by atoms with van der Waals surface area (Å²) in [7, 11) is 2.76. The maximum atomic E-state index is 6.17. The number of hydrogen-bond donors (Lipinski definition) is 1. The normalized spacial score (nSPS) is 11.6. The Morgan fingerprint density at radius 2 is 1.67 bits per heavy atom. The van der Waals surface area contributed by atoms with Crippen molar-refractivity contribution in [2.24, 2.45) is 4.99 Å². The lowest BCUT2D eigenvalue weighted by atomic mass is 10.2. The van der Waals surface area contributed by atoms with Gasteiger partial charge >= 0.3 is 0 Å². The van der Waals surface area contributed by atoms with Gasteiger partial charge in [-0.15, -0.1) is 0 Å². The van der Waals surface area contributed by atoms with Gasteiger partial charge in [0.1, 0.15) is 0 Å². The van der Waals surface area contributed by atoms with Crippen molar-refractivity contribution in [3.63, 3.8) is 0 Å². The lowest BCUT2D eigenvalue weighted by molar-refractivity contribution is 1.37. The van der Waals surface area contributed by atoms with Gasteiger partial charge in [0, 0.05) is 10.5 Å². The van der Waals surface area contributed by atoms with Crippen molar-refractivity contribution in [2.75, 3.05) is 5.32 Å². The first-order valence-corrected chi connectivity index (χ1v) is 8.87. The molecule has 3 nitrogen and oxygen atoms in total. The number of benzene rings is 2. The fourth-order valence-electron chi connectivity index (χ4n) is 1.72. The molecule has 0 fully saturated rings. The highest BCUT2D eigenvalue weighted by atomic mass is 35.5. The van der Waals surface area contributed by atoms with E-state index in [1.807, 2.05) is 48.5 Å². The number of nitrogens with one attached hydrogen (secondary N) is 1. The summed E-state index contributed by atoms with van der Waals surface area (Å²) >= 11 is 12.2. The zero-order valence-electron chi connectivity index (χ0n) is 10.6. The van der Waals surface area contributed by atoms with Crippen LogP contribution < -0.4 is 9.99 Å². The fourth-order valence-corrected chi connectivity index (χ4v) is 3.89. The van der Waals surface area contributed by atoms with Gasteiger partial charge in [-0.2, -0.15) is 4.37 Å². The molecule has 1 aromatic heterocycles. The molecule has 106 valence electrons. The minimum Gasteiger partial charge on any atom is -0.353 e. The molecule has 2 aromatic carbocycles. The molecule has 1 heterocycles. The Morgan fingerprint density at radius 3 is 2.38 bits per heavy atom. The maximum absolute atomic E-state index is 6.17. The lowest BCUT2D eigenvalue weighted by Gasteiger charge is -2.10. The quantitative estimate of drug-likeness (QED) is 0.632. The van der Waals surface area contributed by atoms with E-state index in [0.717, 1.165) is 17.1 Å². The topological polar surface area (TPSA) is 37.3 Å². The molecule has 0 radical (unpaired) electrons. The van der Waals surface area contributed by atoms with E-state index in [9.17, 15) is 0 Å². The molecule has 1 N–H and O–H groups in total. The van der Waals surface area contributed by atoms with Crippen LogP contribution in [0.25, 0.3) is 0 Å². The van der Waals surface area contributed by atoms with E-state index in [4.69, 9.17) is 23.2 Å². The standard InChI is InChI=1S/C14H9Cl2N3S2/c15-9-5-1-2-6-10(9)17-11-7-3-4-8-12(11)18-14-13(16)19-21-20-14/h1-8,17H. The van der Waals surface area contributed by atoms with Gasteiger partial charge in [-0.25, -0.2) is 4.99 Å². The van der Waals surface area contributed by atoms with Crippen LogP contribution in [0.15, 0.2) is 53.5 Å². The third kappa shape index (κ3) is 3.44. The van der Waals surface area contributed by atoms with Crippen LogP contribution in [0.3, 0.4) is 0 Å². The minimum absolute atomic E-state index is 0.428. The molecule has 0 bridgehead atoms. The summed E-state index contributed by atoms with van der Waals surface area (Å²) in [5.74, 6) is 0. The summed E-state index contributed by atoms with van der Waals surface area (Å²) < 4.78 is 4.73.